The van der Waals surface area contributed by atoms with E-state index in [4.69, 9.17) is 0 Å². The molecule has 3 aliphatic rings. The molecule has 13 rings (SSSR count). The molecule has 1 saturated carbocycles. The quantitative estimate of drug-likeness (QED) is 0.131. The van der Waals surface area contributed by atoms with Gasteiger partial charge in [0, 0.05) is 25.7 Å². The first-order valence-electron chi connectivity index (χ1n) is 17.6. The smallest absolute Gasteiger partial charge is 0.0440 e. The van der Waals surface area contributed by atoms with E-state index in [0.29, 0.717) is 11.8 Å². The van der Waals surface area contributed by atoms with Gasteiger partial charge in [-0.1, -0.05) is 127 Å². The van der Waals surface area contributed by atoms with Gasteiger partial charge >= 0.3 is 0 Å². The maximum Gasteiger partial charge on any atom is 0.0440 e. The summed E-state index contributed by atoms with van der Waals surface area (Å²) in [5.74, 6) is 1.34. The number of hydrogen-bond acceptors (Lipinski definition) is 1. The zero-order valence-corrected chi connectivity index (χ0v) is 27.7. The predicted molar refractivity (Wildman–Crippen MR) is 212 cm³/mol. The molecule has 1 aromatic heterocycles. The van der Waals surface area contributed by atoms with Crippen LogP contribution in [0.15, 0.2) is 146 Å². The van der Waals surface area contributed by atoms with E-state index in [9.17, 15) is 0 Å². The fourth-order valence-corrected chi connectivity index (χ4v) is 11.0. The SMILES string of the molecule is c1ccc2c(-c3c4ccccc4c(-c4cc5cccc6c5c5c(cccc45)C4CC6C4)c4ccccc34)c3sc4ccccc4c3cc2c1. The second-order valence-electron chi connectivity index (χ2n) is 14.3. The molecule has 0 aliphatic heterocycles. The van der Waals surface area contributed by atoms with Crippen molar-refractivity contribution >= 4 is 85.4 Å². The lowest BCUT2D eigenvalue weighted by atomic mass is 9.70. The van der Waals surface area contributed by atoms with Gasteiger partial charge in [-0.15, -0.1) is 11.3 Å². The lowest BCUT2D eigenvalue weighted by molar-refractivity contribution is 0.358. The molecule has 3 aliphatic carbocycles. The molecule has 2 bridgehead atoms. The standard InChI is InChI=1S/C48H30S/c1-2-13-31-27(11-1)25-41-34-14-7-8-22-42(34)49-48(41)47(31)46-37-17-5-3-15-35(37)44(36-16-4-6-18-38(36)46)40-26-28-12-9-19-32-29-23-30(24-29)33-20-10-21-39(40)45(33)43(28)32/h1-22,25-26,29-30H,23-24H2. The molecule has 0 atom stereocenters. The van der Waals surface area contributed by atoms with Crippen LogP contribution in [0.1, 0.15) is 35.8 Å². The molecular formula is C48H30S. The van der Waals surface area contributed by atoms with Gasteiger partial charge in [-0.05, 0) is 125 Å². The van der Waals surface area contributed by atoms with E-state index >= 15 is 0 Å². The fourth-order valence-electron chi connectivity index (χ4n) is 9.78. The maximum absolute atomic E-state index is 2.52. The molecule has 0 unspecified atom stereocenters. The summed E-state index contributed by atoms with van der Waals surface area (Å²) in [4.78, 5) is 0. The van der Waals surface area contributed by atoms with Gasteiger partial charge in [-0.25, -0.2) is 0 Å². The molecular weight excluding hydrogens is 609 g/mol. The van der Waals surface area contributed by atoms with Crippen molar-refractivity contribution in [1.82, 2.24) is 0 Å². The second-order valence-corrected chi connectivity index (χ2v) is 15.3. The first-order valence-corrected chi connectivity index (χ1v) is 18.4. The van der Waals surface area contributed by atoms with Crippen LogP contribution in [0.3, 0.4) is 0 Å². The molecule has 0 nitrogen and oxygen atoms in total. The van der Waals surface area contributed by atoms with Crippen LogP contribution in [-0.4, -0.2) is 0 Å². The third kappa shape index (κ3) is 3.43. The van der Waals surface area contributed by atoms with E-state index < -0.39 is 0 Å². The van der Waals surface area contributed by atoms with Gasteiger partial charge in [0.1, 0.15) is 0 Å². The minimum atomic E-state index is 0.658. The Morgan fingerprint density at radius 1 is 0.388 bits per heavy atom. The summed E-state index contributed by atoms with van der Waals surface area (Å²) in [5, 5.41) is 16.3. The summed E-state index contributed by atoms with van der Waals surface area (Å²) in [7, 11) is 0. The van der Waals surface area contributed by atoms with Crippen molar-refractivity contribution < 1.29 is 0 Å². The van der Waals surface area contributed by atoms with Gasteiger partial charge in [0.05, 0.1) is 0 Å². The van der Waals surface area contributed by atoms with Crippen LogP contribution in [0.4, 0.5) is 0 Å². The molecule has 49 heavy (non-hydrogen) atoms. The van der Waals surface area contributed by atoms with Crippen LogP contribution >= 0.6 is 11.3 Å². The Morgan fingerprint density at radius 3 is 1.67 bits per heavy atom. The van der Waals surface area contributed by atoms with Gasteiger partial charge in [0.25, 0.3) is 0 Å². The minimum absolute atomic E-state index is 0.658. The van der Waals surface area contributed by atoms with E-state index in [2.05, 4.69) is 146 Å². The molecule has 9 aromatic carbocycles. The van der Waals surface area contributed by atoms with E-state index in [1.54, 1.807) is 11.1 Å². The van der Waals surface area contributed by atoms with Crippen LogP contribution in [0.2, 0.25) is 0 Å². The zero-order valence-electron chi connectivity index (χ0n) is 26.8. The lowest BCUT2D eigenvalue weighted by Crippen LogP contribution is -2.18. The number of hydrogen-bond donors (Lipinski definition) is 0. The van der Waals surface area contributed by atoms with Crippen molar-refractivity contribution in [2.75, 3.05) is 0 Å². The summed E-state index contributed by atoms with van der Waals surface area (Å²) in [5.41, 5.74) is 8.51. The Kier molecular flexibility index (Phi) is 5.16. The van der Waals surface area contributed by atoms with E-state index in [0.717, 1.165) is 0 Å². The summed E-state index contributed by atoms with van der Waals surface area (Å²) in [6.45, 7) is 0. The first kappa shape index (κ1) is 26.5. The van der Waals surface area contributed by atoms with Crippen LogP contribution in [0.25, 0.3) is 96.3 Å². The van der Waals surface area contributed by atoms with E-state index in [1.807, 2.05) is 11.3 Å². The van der Waals surface area contributed by atoms with Gasteiger partial charge in [0.15, 0.2) is 0 Å². The van der Waals surface area contributed by atoms with Crippen molar-refractivity contribution in [1.29, 1.82) is 0 Å². The molecule has 0 N–H and O–H groups in total. The minimum Gasteiger partial charge on any atom is -0.135 e. The van der Waals surface area contributed by atoms with Crippen molar-refractivity contribution in [2.45, 2.75) is 24.7 Å². The molecule has 0 saturated heterocycles. The zero-order chi connectivity index (χ0) is 31.8. The Balaban J connectivity index is 1.28. The second kappa shape index (κ2) is 9.56. The number of thiophene rings is 1. The summed E-state index contributed by atoms with van der Waals surface area (Å²) >= 11 is 1.93. The number of rotatable bonds is 2. The number of benzene rings is 9. The number of fused-ring (bicyclic) bond motifs is 6. The topological polar surface area (TPSA) is 0 Å². The Bertz CT molecular complexity index is 3000. The third-order valence-electron chi connectivity index (χ3n) is 11.9. The van der Waals surface area contributed by atoms with Crippen molar-refractivity contribution in [3.8, 4) is 22.3 Å². The lowest BCUT2D eigenvalue weighted by Gasteiger charge is -2.34. The molecule has 0 amide bonds. The molecule has 1 fully saturated rings. The Hall–Kier alpha value is -5.50. The average Bonchev–Trinajstić information content (AvgIpc) is 3.35. The third-order valence-corrected chi connectivity index (χ3v) is 13.1. The highest BCUT2D eigenvalue weighted by molar-refractivity contribution is 7.26. The van der Waals surface area contributed by atoms with Crippen LogP contribution in [0, 0.1) is 0 Å². The van der Waals surface area contributed by atoms with Crippen molar-refractivity contribution in [2.24, 2.45) is 0 Å². The molecule has 10 aromatic rings. The Morgan fingerprint density at radius 2 is 0.939 bits per heavy atom. The van der Waals surface area contributed by atoms with E-state index in [1.165, 1.54) is 109 Å². The summed E-state index contributed by atoms with van der Waals surface area (Å²) in [6, 6.07) is 55.5. The van der Waals surface area contributed by atoms with E-state index in [-0.39, 0.29) is 0 Å². The molecule has 0 radical (unpaired) electrons. The van der Waals surface area contributed by atoms with Crippen LogP contribution in [-0.2, 0) is 0 Å². The largest absolute Gasteiger partial charge is 0.135 e. The van der Waals surface area contributed by atoms with Gasteiger partial charge in [-0.2, -0.15) is 0 Å². The molecule has 1 heterocycles. The average molecular weight is 639 g/mol. The molecule has 228 valence electrons. The summed E-state index contributed by atoms with van der Waals surface area (Å²) in [6.07, 6.45) is 2.56. The molecule has 0 spiro atoms. The highest BCUT2D eigenvalue weighted by atomic mass is 32.1. The van der Waals surface area contributed by atoms with Crippen molar-refractivity contribution in [3.05, 3.63) is 157 Å². The highest BCUT2D eigenvalue weighted by Gasteiger charge is 2.37. The van der Waals surface area contributed by atoms with Crippen molar-refractivity contribution in [3.63, 3.8) is 0 Å². The maximum atomic E-state index is 2.52. The first-order chi connectivity index (χ1) is 24.3. The predicted octanol–water partition coefficient (Wildman–Crippen LogP) is 14.1. The van der Waals surface area contributed by atoms with Gasteiger partial charge < -0.3 is 0 Å². The summed E-state index contributed by atoms with van der Waals surface area (Å²) < 4.78 is 2.71. The highest BCUT2D eigenvalue weighted by Crippen LogP contribution is 2.57. The Labute approximate surface area is 287 Å². The van der Waals surface area contributed by atoms with Crippen LogP contribution in [0.5, 0.6) is 0 Å². The fraction of sp³-hybridized carbons (Fsp3) is 0.0833. The normalized spacial score (nSPS) is 16.8. The van der Waals surface area contributed by atoms with Gasteiger partial charge in [-0.3, -0.25) is 0 Å². The van der Waals surface area contributed by atoms with Gasteiger partial charge in [0.2, 0.25) is 0 Å². The monoisotopic (exact) mass is 638 g/mol. The molecule has 1 heteroatoms. The van der Waals surface area contributed by atoms with Crippen LogP contribution < -0.4 is 0 Å².